The minimum atomic E-state index is -0.0783. The number of carbonyl (C=O) groups is 1. The standard InChI is InChI=1S/C16H26N2O3/c1-13(2)7-9-21-10-8-17-12-16(19)18-14-5-4-6-15(11-14)20-3/h4-6,11,13,17H,7-10,12H2,1-3H3,(H,18,19). The molecule has 1 rings (SSSR count). The van der Waals surface area contributed by atoms with Crippen LogP contribution in [0.4, 0.5) is 5.69 Å². The molecule has 0 radical (unpaired) electrons. The van der Waals surface area contributed by atoms with Crippen LogP contribution in [0.3, 0.4) is 0 Å². The second-order valence-electron chi connectivity index (χ2n) is 5.25. The van der Waals surface area contributed by atoms with E-state index in [2.05, 4.69) is 24.5 Å². The van der Waals surface area contributed by atoms with E-state index in [-0.39, 0.29) is 12.5 Å². The normalized spacial score (nSPS) is 10.7. The lowest BCUT2D eigenvalue weighted by Crippen LogP contribution is -2.30. The van der Waals surface area contributed by atoms with Crippen molar-refractivity contribution in [2.75, 3.05) is 38.7 Å². The zero-order chi connectivity index (χ0) is 15.5. The Labute approximate surface area is 127 Å². The minimum Gasteiger partial charge on any atom is -0.497 e. The summed E-state index contributed by atoms with van der Waals surface area (Å²) < 4.78 is 10.6. The highest BCUT2D eigenvalue weighted by Crippen LogP contribution is 2.16. The molecule has 0 aliphatic rings. The van der Waals surface area contributed by atoms with Gasteiger partial charge in [-0.3, -0.25) is 4.79 Å². The summed E-state index contributed by atoms with van der Waals surface area (Å²) in [4.78, 5) is 11.7. The van der Waals surface area contributed by atoms with Crippen molar-refractivity contribution in [2.45, 2.75) is 20.3 Å². The zero-order valence-corrected chi connectivity index (χ0v) is 13.1. The second kappa shape index (κ2) is 10.2. The molecule has 1 aromatic carbocycles. The Hall–Kier alpha value is -1.59. The van der Waals surface area contributed by atoms with Crippen molar-refractivity contribution in [1.82, 2.24) is 5.32 Å². The molecular formula is C16H26N2O3. The number of methoxy groups -OCH3 is 1. The molecule has 0 fully saturated rings. The maximum Gasteiger partial charge on any atom is 0.238 e. The predicted molar refractivity (Wildman–Crippen MR) is 84.8 cm³/mol. The van der Waals surface area contributed by atoms with Crippen LogP contribution in [0.5, 0.6) is 5.75 Å². The van der Waals surface area contributed by atoms with Gasteiger partial charge >= 0.3 is 0 Å². The van der Waals surface area contributed by atoms with Gasteiger partial charge in [-0.15, -0.1) is 0 Å². The largest absolute Gasteiger partial charge is 0.497 e. The summed E-state index contributed by atoms with van der Waals surface area (Å²) in [5, 5.41) is 5.87. The number of anilines is 1. The third-order valence-electron chi connectivity index (χ3n) is 2.90. The van der Waals surface area contributed by atoms with Crippen LogP contribution in [0.25, 0.3) is 0 Å². The number of hydrogen-bond acceptors (Lipinski definition) is 4. The summed E-state index contributed by atoms with van der Waals surface area (Å²) in [5.41, 5.74) is 0.731. The number of rotatable bonds is 10. The predicted octanol–water partition coefficient (Wildman–Crippen LogP) is 2.29. The van der Waals surface area contributed by atoms with Gasteiger partial charge in [-0.1, -0.05) is 19.9 Å². The number of hydrogen-bond donors (Lipinski definition) is 2. The van der Waals surface area contributed by atoms with Gasteiger partial charge in [-0.05, 0) is 24.5 Å². The molecule has 0 saturated heterocycles. The minimum absolute atomic E-state index is 0.0783. The summed E-state index contributed by atoms with van der Waals surface area (Å²) in [6, 6.07) is 7.29. The van der Waals surface area contributed by atoms with Gasteiger partial charge in [0, 0.05) is 24.9 Å². The first-order valence-electron chi connectivity index (χ1n) is 7.34. The molecule has 0 bridgehead atoms. The number of amides is 1. The van der Waals surface area contributed by atoms with Crippen LogP contribution < -0.4 is 15.4 Å². The fourth-order valence-corrected chi connectivity index (χ4v) is 1.67. The van der Waals surface area contributed by atoms with Crippen LogP contribution in [0.1, 0.15) is 20.3 Å². The zero-order valence-electron chi connectivity index (χ0n) is 13.1. The van der Waals surface area contributed by atoms with E-state index in [9.17, 15) is 4.79 Å². The SMILES string of the molecule is COc1cccc(NC(=O)CNCCOCCC(C)C)c1. The van der Waals surface area contributed by atoms with E-state index >= 15 is 0 Å². The monoisotopic (exact) mass is 294 g/mol. The van der Waals surface area contributed by atoms with Crippen molar-refractivity contribution in [2.24, 2.45) is 5.92 Å². The van der Waals surface area contributed by atoms with Crippen molar-refractivity contribution in [3.63, 3.8) is 0 Å². The van der Waals surface area contributed by atoms with E-state index in [1.807, 2.05) is 18.2 Å². The van der Waals surface area contributed by atoms with Gasteiger partial charge < -0.3 is 20.1 Å². The lowest BCUT2D eigenvalue weighted by molar-refractivity contribution is -0.115. The maximum absolute atomic E-state index is 11.7. The number of carbonyl (C=O) groups excluding carboxylic acids is 1. The molecule has 0 spiro atoms. The van der Waals surface area contributed by atoms with Crippen LogP contribution >= 0.6 is 0 Å². The fourth-order valence-electron chi connectivity index (χ4n) is 1.67. The van der Waals surface area contributed by atoms with Crippen molar-refractivity contribution < 1.29 is 14.3 Å². The van der Waals surface area contributed by atoms with Crippen molar-refractivity contribution >= 4 is 11.6 Å². The molecule has 0 aliphatic carbocycles. The van der Waals surface area contributed by atoms with Gasteiger partial charge in [-0.25, -0.2) is 0 Å². The first kappa shape index (κ1) is 17.5. The number of ether oxygens (including phenoxy) is 2. The molecule has 21 heavy (non-hydrogen) atoms. The smallest absolute Gasteiger partial charge is 0.238 e. The van der Waals surface area contributed by atoms with E-state index in [4.69, 9.17) is 9.47 Å². The third kappa shape index (κ3) is 8.32. The van der Waals surface area contributed by atoms with Crippen molar-refractivity contribution in [3.8, 4) is 5.75 Å². The van der Waals surface area contributed by atoms with Crippen LogP contribution in [0.15, 0.2) is 24.3 Å². The summed E-state index contributed by atoms with van der Waals surface area (Å²) in [5.74, 6) is 1.30. The summed E-state index contributed by atoms with van der Waals surface area (Å²) in [6.45, 7) is 6.68. The van der Waals surface area contributed by atoms with Gasteiger partial charge in [0.1, 0.15) is 5.75 Å². The molecule has 5 heteroatoms. The van der Waals surface area contributed by atoms with Crippen molar-refractivity contribution in [3.05, 3.63) is 24.3 Å². The van der Waals surface area contributed by atoms with E-state index in [0.717, 1.165) is 24.5 Å². The Morgan fingerprint density at radius 3 is 2.81 bits per heavy atom. The highest BCUT2D eigenvalue weighted by molar-refractivity contribution is 5.92. The molecule has 1 amide bonds. The van der Waals surface area contributed by atoms with Gasteiger partial charge in [0.25, 0.3) is 0 Å². The molecule has 0 aliphatic heterocycles. The summed E-state index contributed by atoms with van der Waals surface area (Å²) >= 11 is 0. The van der Waals surface area contributed by atoms with Crippen LogP contribution in [-0.4, -0.2) is 39.3 Å². The second-order valence-corrected chi connectivity index (χ2v) is 5.25. The highest BCUT2D eigenvalue weighted by atomic mass is 16.5. The Morgan fingerprint density at radius 1 is 1.29 bits per heavy atom. The molecule has 2 N–H and O–H groups in total. The van der Waals surface area contributed by atoms with Crippen LogP contribution in [-0.2, 0) is 9.53 Å². The molecule has 1 aromatic rings. The topological polar surface area (TPSA) is 59.6 Å². The molecular weight excluding hydrogens is 268 g/mol. The molecule has 0 atom stereocenters. The lowest BCUT2D eigenvalue weighted by atomic mass is 10.1. The number of benzene rings is 1. The highest BCUT2D eigenvalue weighted by Gasteiger charge is 2.02. The molecule has 5 nitrogen and oxygen atoms in total. The van der Waals surface area contributed by atoms with Gasteiger partial charge in [0.2, 0.25) is 5.91 Å². The Morgan fingerprint density at radius 2 is 2.10 bits per heavy atom. The quantitative estimate of drug-likeness (QED) is 0.650. The Bertz CT molecular complexity index is 422. The maximum atomic E-state index is 11.7. The third-order valence-corrected chi connectivity index (χ3v) is 2.90. The Kier molecular flexibility index (Phi) is 8.47. The molecule has 118 valence electrons. The van der Waals surface area contributed by atoms with E-state index < -0.39 is 0 Å². The average molecular weight is 294 g/mol. The fraction of sp³-hybridized carbons (Fsp3) is 0.562. The van der Waals surface area contributed by atoms with Gasteiger partial charge in [0.05, 0.1) is 20.3 Å². The van der Waals surface area contributed by atoms with Crippen molar-refractivity contribution in [1.29, 1.82) is 0 Å². The summed E-state index contributed by atoms with van der Waals surface area (Å²) in [7, 11) is 1.60. The first-order chi connectivity index (χ1) is 10.1. The van der Waals surface area contributed by atoms with Gasteiger partial charge in [0.15, 0.2) is 0 Å². The first-order valence-corrected chi connectivity index (χ1v) is 7.34. The molecule has 0 unspecified atom stereocenters. The molecule has 0 saturated carbocycles. The average Bonchev–Trinajstić information content (AvgIpc) is 2.46. The summed E-state index contributed by atoms with van der Waals surface area (Å²) in [6.07, 6.45) is 1.07. The van der Waals surface area contributed by atoms with E-state index in [0.29, 0.717) is 19.1 Å². The lowest BCUT2D eigenvalue weighted by Gasteiger charge is -2.09. The molecule has 0 aromatic heterocycles. The Balaban J connectivity index is 2.11. The van der Waals surface area contributed by atoms with E-state index in [1.54, 1.807) is 13.2 Å². The van der Waals surface area contributed by atoms with E-state index in [1.165, 1.54) is 0 Å². The van der Waals surface area contributed by atoms with Gasteiger partial charge in [-0.2, -0.15) is 0 Å². The number of nitrogens with one attached hydrogen (secondary N) is 2. The molecule has 0 heterocycles. The van der Waals surface area contributed by atoms with Crippen LogP contribution in [0, 0.1) is 5.92 Å². The van der Waals surface area contributed by atoms with Crippen LogP contribution in [0.2, 0.25) is 0 Å².